The summed E-state index contributed by atoms with van der Waals surface area (Å²) in [6.45, 7) is 4.90. The van der Waals surface area contributed by atoms with E-state index in [1.807, 2.05) is 6.08 Å². The molecule has 2 unspecified atom stereocenters. The maximum Gasteiger partial charge on any atom is 0.305 e. The summed E-state index contributed by atoms with van der Waals surface area (Å²) in [5, 5.41) is 23.0. The van der Waals surface area contributed by atoms with Crippen LogP contribution in [0, 0.1) is 0 Å². The number of unbranched alkanes of at least 4 members (excludes halogenated alkanes) is 42. The van der Waals surface area contributed by atoms with Crippen molar-refractivity contribution >= 4 is 11.9 Å². The smallest absolute Gasteiger partial charge is 0.305 e. The van der Waals surface area contributed by atoms with Crippen molar-refractivity contribution in [2.75, 3.05) is 13.2 Å². The Hall–Kier alpha value is -1.66. The van der Waals surface area contributed by atoms with E-state index in [2.05, 4.69) is 31.3 Å². The highest BCUT2D eigenvalue weighted by Crippen LogP contribution is 2.17. The monoisotopic (exact) mass is 930 g/mol. The first-order valence-electron chi connectivity index (χ1n) is 29.6. The highest BCUT2D eigenvalue weighted by Gasteiger charge is 2.18. The molecule has 0 saturated carbocycles. The fourth-order valence-electron chi connectivity index (χ4n) is 9.16. The van der Waals surface area contributed by atoms with Crippen molar-refractivity contribution in [3.05, 3.63) is 24.3 Å². The predicted octanol–water partition coefficient (Wildman–Crippen LogP) is 18.2. The van der Waals surface area contributed by atoms with Gasteiger partial charge in [0, 0.05) is 12.8 Å². The van der Waals surface area contributed by atoms with Gasteiger partial charge < -0.3 is 20.3 Å². The average Bonchev–Trinajstić information content (AvgIpc) is 3.32. The molecule has 2 atom stereocenters. The van der Waals surface area contributed by atoms with E-state index in [0.717, 1.165) is 44.9 Å². The quantitative estimate of drug-likeness (QED) is 0.0321. The van der Waals surface area contributed by atoms with E-state index in [4.69, 9.17) is 4.74 Å². The Balaban J connectivity index is 3.41. The zero-order chi connectivity index (χ0) is 47.9. The summed E-state index contributed by atoms with van der Waals surface area (Å²) in [5.74, 6) is -0.0611. The molecule has 0 saturated heterocycles. The van der Waals surface area contributed by atoms with E-state index in [9.17, 15) is 19.8 Å². The Morgan fingerprint density at radius 2 is 0.712 bits per heavy atom. The molecule has 0 aromatic carbocycles. The number of allylic oxidation sites excluding steroid dienone is 3. The van der Waals surface area contributed by atoms with Crippen LogP contribution in [0.4, 0.5) is 0 Å². The predicted molar refractivity (Wildman–Crippen MR) is 287 cm³/mol. The van der Waals surface area contributed by atoms with Crippen molar-refractivity contribution in [3.63, 3.8) is 0 Å². The summed E-state index contributed by atoms with van der Waals surface area (Å²) in [6.07, 6.45) is 67.8. The highest BCUT2D eigenvalue weighted by molar-refractivity contribution is 5.76. The van der Waals surface area contributed by atoms with Crippen molar-refractivity contribution in [2.45, 2.75) is 334 Å². The molecule has 0 aliphatic carbocycles. The van der Waals surface area contributed by atoms with Gasteiger partial charge in [0.2, 0.25) is 5.91 Å². The molecule has 0 fully saturated rings. The second kappa shape index (κ2) is 55.9. The average molecular weight is 931 g/mol. The van der Waals surface area contributed by atoms with E-state index in [1.165, 1.54) is 250 Å². The number of carbonyl (C=O) groups excluding carboxylic acids is 2. The molecule has 0 aromatic heterocycles. The number of amides is 1. The molecule has 6 nitrogen and oxygen atoms in total. The molecule has 6 heteroatoms. The first-order chi connectivity index (χ1) is 32.5. The summed E-state index contributed by atoms with van der Waals surface area (Å²) < 4.78 is 5.48. The molecule has 0 bridgehead atoms. The van der Waals surface area contributed by atoms with E-state index >= 15 is 0 Å². The Morgan fingerprint density at radius 1 is 0.409 bits per heavy atom. The minimum atomic E-state index is -0.846. The van der Waals surface area contributed by atoms with Crippen molar-refractivity contribution in [1.29, 1.82) is 0 Å². The number of carbonyl (C=O) groups is 2. The first kappa shape index (κ1) is 64.3. The summed E-state index contributed by atoms with van der Waals surface area (Å²) in [5.41, 5.74) is 0. The second-order valence-corrected chi connectivity index (χ2v) is 20.3. The molecular weight excluding hydrogens is 815 g/mol. The van der Waals surface area contributed by atoms with Gasteiger partial charge >= 0.3 is 5.97 Å². The topological polar surface area (TPSA) is 95.9 Å². The van der Waals surface area contributed by atoms with Gasteiger partial charge in [-0.05, 0) is 57.8 Å². The van der Waals surface area contributed by atoms with Crippen LogP contribution in [-0.2, 0) is 14.3 Å². The van der Waals surface area contributed by atoms with Gasteiger partial charge in [-0.3, -0.25) is 9.59 Å². The van der Waals surface area contributed by atoms with Crippen molar-refractivity contribution in [3.8, 4) is 0 Å². The first-order valence-corrected chi connectivity index (χ1v) is 29.6. The van der Waals surface area contributed by atoms with E-state index in [1.54, 1.807) is 6.08 Å². The Kier molecular flexibility index (Phi) is 54.5. The molecule has 0 aromatic rings. The van der Waals surface area contributed by atoms with E-state index < -0.39 is 12.1 Å². The summed E-state index contributed by atoms with van der Waals surface area (Å²) in [4.78, 5) is 24.5. The number of nitrogens with one attached hydrogen (secondary N) is 1. The molecule has 66 heavy (non-hydrogen) atoms. The standard InChI is InChI=1S/C60H115NO5/c1-3-5-7-9-11-13-15-17-30-34-38-42-46-50-54-60(65)66-55-51-47-43-39-35-31-28-26-24-22-20-18-19-21-23-25-27-29-33-37-41-45-49-53-59(64)61-57(56-62)58(63)52-48-44-40-36-32-16-14-12-10-8-6-4-2/h21,23,48,52,57-58,62-63H,3-20,22,24-47,49-51,53-56H2,1-2H3,(H,61,64)/b23-21-,52-48+. The van der Waals surface area contributed by atoms with Crippen LogP contribution in [0.2, 0.25) is 0 Å². The lowest BCUT2D eigenvalue weighted by Crippen LogP contribution is -2.45. The molecule has 390 valence electrons. The largest absolute Gasteiger partial charge is 0.466 e. The van der Waals surface area contributed by atoms with Gasteiger partial charge in [0.15, 0.2) is 0 Å². The molecule has 0 radical (unpaired) electrons. The number of ether oxygens (including phenoxy) is 1. The van der Waals surface area contributed by atoms with Crippen molar-refractivity contribution in [2.24, 2.45) is 0 Å². The van der Waals surface area contributed by atoms with Crippen LogP contribution in [0.5, 0.6) is 0 Å². The minimum Gasteiger partial charge on any atom is -0.466 e. The van der Waals surface area contributed by atoms with Gasteiger partial charge in [0.1, 0.15) is 0 Å². The van der Waals surface area contributed by atoms with Gasteiger partial charge in [0.05, 0.1) is 25.4 Å². The fraction of sp³-hybridized carbons (Fsp3) is 0.900. The van der Waals surface area contributed by atoms with Gasteiger partial charge in [-0.25, -0.2) is 0 Å². The molecule has 3 N–H and O–H groups in total. The van der Waals surface area contributed by atoms with E-state index in [-0.39, 0.29) is 18.5 Å². The van der Waals surface area contributed by atoms with E-state index in [0.29, 0.717) is 19.4 Å². The van der Waals surface area contributed by atoms with Crippen LogP contribution in [0.25, 0.3) is 0 Å². The number of hydrogen-bond acceptors (Lipinski definition) is 5. The van der Waals surface area contributed by atoms with Crippen LogP contribution in [0.15, 0.2) is 24.3 Å². The number of hydrogen-bond donors (Lipinski definition) is 3. The van der Waals surface area contributed by atoms with Crippen LogP contribution in [0.3, 0.4) is 0 Å². The number of rotatable bonds is 55. The van der Waals surface area contributed by atoms with Gasteiger partial charge in [0.25, 0.3) is 0 Å². The third kappa shape index (κ3) is 51.7. The van der Waals surface area contributed by atoms with Crippen LogP contribution < -0.4 is 5.32 Å². The third-order valence-corrected chi connectivity index (χ3v) is 13.7. The van der Waals surface area contributed by atoms with Crippen LogP contribution in [-0.4, -0.2) is 47.4 Å². The molecule has 0 aliphatic heterocycles. The van der Waals surface area contributed by atoms with Crippen molar-refractivity contribution in [1.82, 2.24) is 5.32 Å². The molecule has 0 aliphatic rings. The SMILES string of the molecule is CCCCCCCCCCCC/C=C/C(O)C(CO)NC(=O)CCCCCCCCC/C=C\CCCCCCCCCCCCCCOC(=O)CCCCCCCCCCCCCCCC. The third-order valence-electron chi connectivity index (χ3n) is 13.7. The summed E-state index contributed by atoms with van der Waals surface area (Å²) in [7, 11) is 0. The Labute approximate surface area is 411 Å². The zero-order valence-corrected chi connectivity index (χ0v) is 44.4. The molecule has 0 spiro atoms. The normalized spacial score (nSPS) is 12.7. The highest BCUT2D eigenvalue weighted by atomic mass is 16.5. The zero-order valence-electron chi connectivity index (χ0n) is 44.4. The maximum atomic E-state index is 12.4. The number of esters is 1. The second-order valence-electron chi connectivity index (χ2n) is 20.3. The van der Waals surface area contributed by atoms with Crippen LogP contribution >= 0.6 is 0 Å². The molecule has 1 amide bonds. The molecular formula is C60H115NO5. The fourth-order valence-corrected chi connectivity index (χ4v) is 9.16. The van der Waals surface area contributed by atoms with Gasteiger partial charge in [-0.15, -0.1) is 0 Å². The van der Waals surface area contributed by atoms with Gasteiger partial charge in [-0.1, -0.05) is 276 Å². The number of aliphatic hydroxyl groups excluding tert-OH is 2. The van der Waals surface area contributed by atoms with Crippen LogP contribution in [0.1, 0.15) is 322 Å². The lowest BCUT2D eigenvalue weighted by molar-refractivity contribution is -0.143. The lowest BCUT2D eigenvalue weighted by Gasteiger charge is -2.20. The molecule has 0 heterocycles. The Morgan fingerprint density at radius 3 is 1.08 bits per heavy atom. The minimum absolute atomic E-state index is 0.0133. The lowest BCUT2D eigenvalue weighted by atomic mass is 10.0. The van der Waals surface area contributed by atoms with Gasteiger partial charge in [-0.2, -0.15) is 0 Å². The van der Waals surface area contributed by atoms with Crippen molar-refractivity contribution < 1.29 is 24.5 Å². The maximum absolute atomic E-state index is 12.4. The molecule has 0 rings (SSSR count). The number of aliphatic hydroxyl groups is 2. The summed E-state index contributed by atoms with van der Waals surface area (Å²) >= 11 is 0. The summed E-state index contributed by atoms with van der Waals surface area (Å²) in [6, 6.07) is -0.631. The Bertz CT molecular complexity index is 1030.